The summed E-state index contributed by atoms with van der Waals surface area (Å²) in [5, 5.41) is 8.40. The highest BCUT2D eigenvalue weighted by atomic mass is 15.4. The summed E-state index contributed by atoms with van der Waals surface area (Å²) >= 11 is 0. The molecule has 0 amide bonds. The Morgan fingerprint density at radius 3 is 2.52 bits per heavy atom. The maximum atomic E-state index is 4.89. The molecule has 1 saturated carbocycles. The van der Waals surface area contributed by atoms with Gasteiger partial charge in [-0.1, -0.05) is 45.4 Å². The molecule has 0 atom stereocenters. The monoisotopic (exact) mass is 372 g/mol. The second kappa shape index (κ2) is 9.90. The van der Waals surface area contributed by atoms with Gasteiger partial charge in [0.2, 0.25) is 0 Å². The molecule has 0 aromatic carbocycles. The Balaban J connectivity index is 1.85. The summed E-state index contributed by atoms with van der Waals surface area (Å²) in [5.41, 5.74) is 0. The summed E-state index contributed by atoms with van der Waals surface area (Å²) in [5.74, 6) is 4.22. The predicted molar refractivity (Wildman–Crippen MR) is 113 cm³/mol. The molecule has 27 heavy (non-hydrogen) atoms. The van der Waals surface area contributed by atoms with Gasteiger partial charge in [-0.15, -0.1) is 5.10 Å². The predicted octanol–water partition coefficient (Wildman–Crippen LogP) is 5.01. The molecule has 1 N–H and O–H groups in total. The molecule has 3 rings (SSSR count). The van der Waals surface area contributed by atoms with E-state index >= 15 is 0 Å². The lowest BCUT2D eigenvalue weighted by molar-refractivity contribution is 0.429. The standard InChI is InChI=1S/C21H36N6/c1-4-7-8-12-15-22-18-16-19(26(5-2)6-3)27-21(23-18)24-20(25-27)17-13-10-9-11-14-17/h16-17H,4-15H2,1-3H3,(H,22,23,24,25). The van der Waals surface area contributed by atoms with E-state index in [2.05, 4.69) is 37.1 Å². The summed E-state index contributed by atoms with van der Waals surface area (Å²) in [7, 11) is 0. The molecule has 0 saturated heterocycles. The Kier molecular flexibility index (Phi) is 7.30. The Hall–Kier alpha value is -1.85. The molecule has 0 unspecified atom stereocenters. The van der Waals surface area contributed by atoms with E-state index in [1.165, 1.54) is 57.8 Å². The maximum Gasteiger partial charge on any atom is 0.256 e. The van der Waals surface area contributed by atoms with Crippen molar-refractivity contribution in [2.45, 2.75) is 84.5 Å². The van der Waals surface area contributed by atoms with Crippen LogP contribution in [-0.4, -0.2) is 39.2 Å². The van der Waals surface area contributed by atoms with Gasteiger partial charge in [0, 0.05) is 31.6 Å². The number of anilines is 2. The molecule has 0 radical (unpaired) electrons. The lowest BCUT2D eigenvalue weighted by Gasteiger charge is -2.22. The van der Waals surface area contributed by atoms with Gasteiger partial charge in [-0.2, -0.15) is 14.5 Å². The van der Waals surface area contributed by atoms with E-state index in [0.717, 1.165) is 42.9 Å². The molecular formula is C21H36N6. The van der Waals surface area contributed by atoms with Gasteiger partial charge in [0.05, 0.1) is 0 Å². The molecule has 150 valence electrons. The summed E-state index contributed by atoms with van der Waals surface area (Å²) in [6, 6.07) is 2.14. The third kappa shape index (κ3) is 4.90. The van der Waals surface area contributed by atoms with Crippen LogP contribution in [0.4, 0.5) is 11.6 Å². The SMILES string of the molecule is CCCCCCNc1cc(N(CC)CC)n2nc(C3CCCCC3)nc2n1. The van der Waals surface area contributed by atoms with Crippen molar-refractivity contribution in [1.29, 1.82) is 0 Å². The Bertz CT molecular complexity index is 700. The molecular weight excluding hydrogens is 336 g/mol. The van der Waals surface area contributed by atoms with Gasteiger partial charge in [0.25, 0.3) is 5.78 Å². The smallest absolute Gasteiger partial charge is 0.256 e. The van der Waals surface area contributed by atoms with E-state index in [-0.39, 0.29) is 0 Å². The topological polar surface area (TPSA) is 58.4 Å². The quantitative estimate of drug-likeness (QED) is 0.594. The normalized spacial score (nSPS) is 15.4. The molecule has 1 aliphatic carbocycles. The van der Waals surface area contributed by atoms with Gasteiger partial charge >= 0.3 is 0 Å². The summed E-state index contributed by atoms with van der Waals surface area (Å²) < 4.78 is 1.96. The average Bonchev–Trinajstić information content (AvgIpc) is 3.14. The Morgan fingerprint density at radius 1 is 1.04 bits per heavy atom. The highest BCUT2D eigenvalue weighted by Gasteiger charge is 2.22. The van der Waals surface area contributed by atoms with Crippen molar-refractivity contribution in [3.63, 3.8) is 0 Å². The molecule has 6 heteroatoms. The zero-order chi connectivity index (χ0) is 19.1. The van der Waals surface area contributed by atoms with Crippen LogP contribution >= 0.6 is 0 Å². The molecule has 6 nitrogen and oxygen atoms in total. The first-order valence-electron chi connectivity index (χ1n) is 11.0. The maximum absolute atomic E-state index is 4.89. The van der Waals surface area contributed by atoms with E-state index in [1.54, 1.807) is 0 Å². The van der Waals surface area contributed by atoms with Crippen LogP contribution in [0.15, 0.2) is 6.07 Å². The molecule has 0 bridgehead atoms. The van der Waals surface area contributed by atoms with E-state index < -0.39 is 0 Å². The molecule has 2 heterocycles. The van der Waals surface area contributed by atoms with E-state index in [0.29, 0.717) is 5.92 Å². The summed E-state index contributed by atoms with van der Waals surface area (Å²) in [6.45, 7) is 9.48. The third-order valence-corrected chi connectivity index (χ3v) is 5.70. The van der Waals surface area contributed by atoms with Crippen LogP contribution in [0.25, 0.3) is 5.78 Å². The number of aromatic nitrogens is 4. The van der Waals surface area contributed by atoms with Crippen LogP contribution in [0.3, 0.4) is 0 Å². The van der Waals surface area contributed by atoms with Crippen LogP contribution in [0.5, 0.6) is 0 Å². The average molecular weight is 373 g/mol. The number of unbranched alkanes of at least 4 members (excludes halogenated alkanes) is 3. The van der Waals surface area contributed by atoms with Crippen molar-refractivity contribution >= 4 is 17.4 Å². The molecule has 0 aliphatic heterocycles. The number of nitrogens with one attached hydrogen (secondary N) is 1. The lowest BCUT2D eigenvalue weighted by Crippen LogP contribution is -2.25. The molecule has 1 fully saturated rings. The first-order valence-corrected chi connectivity index (χ1v) is 11.0. The van der Waals surface area contributed by atoms with Gasteiger partial charge < -0.3 is 10.2 Å². The largest absolute Gasteiger partial charge is 0.370 e. The van der Waals surface area contributed by atoms with Gasteiger partial charge in [0.1, 0.15) is 11.6 Å². The Morgan fingerprint density at radius 2 is 1.81 bits per heavy atom. The van der Waals surface area contributed by atoms with Gasteiger partial charge in [-0.3, -0.25) is 0 Å². The fourth-order valence-corrected chi connectivity index (χ4v) is 4.03. The number of hydrogen-bond donors (Lipinski definition) is 1. The van der Waals surface area contributed by atoms with Crippen LogP contribution in [-0.2, 0) is 0 Å². The van der Waals surface area contributed by atoms with Gasteiger partial charge in [-0.25, -0.2) is 0 Å². The van der Waals surface area contributed by atoms with Crippen molar-refractivity contribution in [1.82, 2.24) is 19.6 Å². The summed E-state index contributed by atoms with van der Waals surface area (Å²) in [4.78, 5) is 11.9. The molecule has 0 spiro atoms. The third-order valence-electron chi connectivity index (χ3n) is 5.70. The molecule has 2 aromatic heterocycles. The van der Waals surface area contributed by atoms with Crippen LogP contribution in [0.1, 0.15) is 90.3 Å². The minimum absolute atomic E-state index is 0.496. The highest BCUT2D eigenvalue weighted by molar-refractivity contribution is 5.55. The molecule has 2 aromatic rings. The van der Waals surface area contributed by atoms with E-state index in [4.69, 9.17) is 15.1 Å². The van der Waals surface area contributed by atoms with Crippen LogP contribution < -0.4 is 10.2 Å². The van der Waals surface area contributed by atoms with Gasteiger partial charge in [-0.05, 0) is 33.1 Å². The number of fused-ring (bicyclic) bond motifs is 1. The van der Waals surface area contributed by atoms with Crippen molar-refractivity contribution in [3.8, 4) is 0 Å². The summed E-state index contributed by atoms with van der Waals surface area (Å²) in [6.07, 6.45) is 11.4. The second-order valence-corrected chi connectivity index (χ2v) is 7.68. The second-order valence-electron chi connectivity index (χ2n) is 7.68. The zero-order valence-corrected chi connectivity index (χ0v) is 17.4. The van der Waals surface area contributed by atoms with Crippen molar-refractivity contribution < 1.29 is 0 Å². The first-order chi connectivity index (χ1) is 13.3. The first kappa shape index (κ1) is 19.9. The van der Waals surface area contributed by atoms with Gasteiger partial charge in [0.15, 0.2) is 5.82 Å². The number of rotatable bonds is 10. The Labute approximate surface area is 163 Å². The minimum Gasteiger partial charge on any atom is -0.370 e. The van der Waals surface area contributed by atoms with E-state index in [1.807, 2.05) is 4.52 Å². The highest BCUT2D eigenvalue weighted by Crippen LogP contribution is 2.31. The van der Waals surface area contributed by atoms with Crippen LogP contribution in [0, 0.1) is 0 Å². The minimum atomic E-state index is 0.496. The van der Waals surface area contributed by atoms with Crippen molar-refractivity contribution in [3.05, 3.63) is 11.9 Å². The lowest BCUT2D eigenvalue weighted by atomic mass is 9.89. The van der Waals surface area contributed by atoms with E-state index in [9.17, 15) is 0 Å². The molecule has 1 aliphatic rings. The number of hydrogen-bond acceptors (Lipinski definition) is 5. The zero-order valence-electron chi connectivity index (χ0n) is 17.4. The fraction of sp³-hybridized carbons (Fsp3) is 0.762. The van der Waals surface area contributed by atoms with Crippen molar-refractivity contribution in [2.75, 3.05) is 29.9 Å². The van der Waals surface area contributed by atoms with Crippen LogP contribution in [0.2, 0.25) is 0 Å². The fourth-order valence-electron chi connectivity index (χ4n) is 4.03. The van der Waals surface area contributed by atoms with Crippen molar-refractivity contribution in [2.24, 2.45) is 0 Å². The number of nitrogens with zero attached hydrogens (tertiary/aromatic N) is 5.